The standard InChI is InChI=1S/C23H14Br2Cl2N2O2/c24-17-10-15(22(18(25)11-17)31-13-14-5-2-1-3-6-14)9-16(12-28)23(30)29-20-8-4-7-19(26)21(20)27/h1-11H,13H2,(H,29,30)/b16-9+. The van der Waals surface area contributed by atoms with Gasteiger partial charge in [-0.25, -0.2) is 0 Å². The van der Waals surface area contributed by atoms with Gasteiger partial charge in [0.1, 0.15) is 24.0 Å². The quantitative estimate of drug-likeness (QED) is 0.241. The topological polar surface area (TPSA) is 62.1 Å². The van der Waals surface area contributed by atoms with Crippen molar-refractivity contribution in [1.29, 1.82) is 5.26 Å². The van der Waals surface area contributed by atoms with Crippen molar-refractivity contribution in [1.82, 2.24) is 0 Å². The summed E-state index contributed by atoms with van der Waals surface area (Å²) in [6.45, 7) is 0.327. The molecule has 0 radical (unpaired) electrons. The lowest BCUT2D eigenvalue weighted by Crippen LogP contribution is -2.14. The van der Waals surface area contributed by atoms with E-state index in [9.17, 15) is 10.1 Å². The van der Waals surface area contributed by atoms with E-state index in [0.29, 0.717) is 33.1 Å². The fourth-order valence-electron chi connectivity index (χ4n) is 2.66. The second-order valence-corrected chi connectivity index (χ2v) is 8.86. The Hall–Kier alpha value is -2.30. The Morgan fingerprint density at radius 3 is 2.55 bits per heavy atom. The number of hydrogen-bond donors (Lipinski definition) is 1. The summed E-state index contributed by atoms with van der Waals surface area (Å²) in [5, 5.41) is 12.7. The van der Waals surface area contributed by atoms with Gasteiger partial charge in [0.05, 0.1) is 20.2 Å². The van der Waals surface area contributed by atoms with Gasteiger partial charge in [-0.1, -0.05) is 75.5 Å². The Balaban J connectivity index is 1.91. The van der Waals surface area contributed by atoms with E-state index in [1.54, 1.807) is 24.3 Å². The van der Waals surface area contributed by atoms with Crippen molar-refractivity contribution in [2.24, 2.45) is 0 Å². The molecule has 3 rings (SSSR count). The van der Waals surface area contributed by atoms with Gasteiger partial charge >= 0.3 is 0 Å². The van der Waals surface area contributed by atoms with Crippen LogP contribution < -0.4 is 10.1 Å². The number of anilines is 1. The van der Waals surface area contributed by atoms with Crippen LogP contribution in [0, 0.1) is 11.3 Å². The van der Waals surface area contributed by atoms with Gasteiger partial charge in [-0.15, -0.1) is 0 Å². The molecule has 0 saturated heterocycles. The average Bonchev–Trinajstić information content (AvgIpc) is 2.75. The van der Waals surface area contributed by atoms with E-state index in [-0.39, 0.29) is 10.6 Å². The van der Waals surface area contributed by atoms with Gasteiger partial charge in [0.25, 0.3) is 5.91 Å². The summed E-state index contributed by atoms with van der Waals surface area (Å²) in [6.07, 6.45) is 1.46. The molecule has 1 amide bonds. The first kappa shape index (κ1) is 23.4. The highest BCUT2D eigenvalue weighted by atomic mass is 79.9. The van der Waals surface area contributed by atoms with E-state index >= 15 is 0 Å². The summed E-state index contributed by atoms with van der Waals surface area (Å²) in [5.74, 6) is -0.106. The van der Waals surface area contributed by atoms with E-state index in [1.165, 1.54) is 6.08 Å². The third kappa shape index (κ3) is 6.11. The monoisotopic (exact) mass is 578 g/mol. The molecule has 0 aliphatic heterocycles. The zero-order chi connectivity index (χ0) is 22.4. The molecule has 0 heterocycles. The van der Waals surface area contributed by atoms with Crippen LogP contribution in [0.1, 0.15) is 11.1 Å². The molecule has 0 fully saturated rings. The van der Waals surface area contributed by atoms with Crippen molar-refractivity contribution in [2.45, 2.75) is 6.61 Å². The second-order valence-electron chi connectivity index (χ2n) is 6.31. The molecule has 0 aromatic heterocycles. The maximum atomic E-state index is 12.7. The number of nitrogens with one attached hydrogen (secondary N) is 1. The minimum absolute atomic E-state index is 0.120. The molecule has 3 aromatic rings. The highest BCUT2D eigenvalue weighted by molar-refractivity contribution is 9.11. The molecule has 0 spiro atoms. The number of benzene rings is 3. The van der Waals surface area contributed by atoms with Crippen molar-refractivity contribution in [3.8, 4) is 11.8 Å². The first-order valence-corrected chi connectivity index (χ1v) is 11.3. The van der Waals surface area contributed by atoms with Crippen LogP contribution in [-0.4, -0.2) is 5.91 Å². The first-order valence-electron chi connectivity index (χ1n) is 8.92. The van der Waals surface area contributed by atoms with Crippen LogP contribution >= 0.6 is 55.1 Å². The van der Waals surface area contributed by atoms with Crippen molar-refractivity contribution in [3.05, 3.63) is 96.4 Å². The number of nitrogens with zero attached hydrogens (tertiary/aromatic N) is 1. The maximum absolute atomic E-state index is 12.7. The molecule has 0 aliphatic carbocycles. The van der Waals surface area contributed by atoms with Crippen molar-refractivity contribution < 1.29 is 9.53 Å². The zero-order valence-electron chi connectivity index (χ0n) is 15.8. The third-order valence-corrected chi connectivity index (χ3v) is 5.99. The lowest BCUT2D eigenvalue weighted by molar-refractivity contribution is -0.112. The van der Waals surface area contributed by atoms with E-state index in [1.807, 2.05) is 42.5 Å². The van der Waals surface area contributed by atoms with Crippen LogP contribution in [0.25, 0.3) is 6.08 Å². The fourth-order valence-corrected chi connectivity index (χ4v) is 4.38. The van der Waals surface area contributed by atoms with Gasteiger partial charge in [-0.3, -0.25) is 4.79 Å². The van der Waals surface area contributed by atoms with Gasteiger partial charge in [0.15, 0.2) is 0 Å². The molecule has 3 aromatic carbocycles. The minimum Gasteiger partial charge on any atom is -0.487 e. The maximum Gasteiger partial charge on any atom is 0.266 e. The smallest absolute Gasteiger partial charge is 0.266 e. The van der Waals surface area contributed by atoms with Gasteiger partial charge in [0, 0.05) is 10.0 Å². The number of nitriles is 1. The Morgan fingerprint density at radius 2 is 1.84 bits per heavy atom. The Morgan fingerprint density at radius 1 is 1.10 bits per heavy atom. The Labute approximate surface area is 206 Å². The van der Waals surface area contributed by atoms with Gasteiger partial charge in [0.2, 0.25) is 0 Å². The largest absolute Gasteiger partial charge is 0.487 e. The number of rotatable bonds is 6. The lowest BCUT2D eigenvalue weighted by atomic mass is 10.1. The van der Waals surface area contributed by atoms with Crippen LogP contribution in [0.5, 0.6) is 5.75 Å². The van der Waals surface area contributed by atoms with Gasteiger partial charge in [-0.2, -0.15) is 5.26 Å². The molecule has 8 heteroatoms. The van der Waals surface area contributed by atoms with E-state index in [0.717, 1.165) is 10.0 Å². The van der Waals surface area contributed by atoms with Crippen molar-refractivity contribution in [2.75, 3.05) is 5.32 Å². The predicted octanol–water partition coefficient (Wildman–Crippen LogP) is 7.64. The summed E-state index contributed by atoms with van der Waals surface area (Å²) in [6, 6.07) is 20.1. The molecule has 1 N–H and O–H groups in total. The third-order valence-electron chi connectivity index (χ3n) is 4.13. The van der Waals surface area contributed by atoms with Gasteiger partial charge < -0.3 is 10.1 Å². The summed E-state index contributed by atoms with van der Waals surface area (Å²) < 4.78 is 7.43. The number of carbonyl (C=O) groups excluding carboxylic acids is 1. The van der Waals surface area contributed by atoms with Crippen molar-refractivity contribution >= 4 is 72.7 Å². The number of ether oxygens (including phenoxy) is 1. The molecule has 0 aliphatic rings. The molecule has 0 atom stereocenters. The fraction of sp³-hybridized carbons (Fsp3) is 0.0435. The Kier molecular flexibility index (Phi) is 8.16. The normalized spacial score (nSPS) is 11.0. The molecule has 4 nitrogen and oxygen atoms in total. The summed E-state index contributed by atoms with van der Waals surface area (Å²) >= 11 is 19.0. The summed E-state index contributed by atoms with van der Waals surface area (Å²) in [4.78, 5) is 12.7. The van der Waals surface area contributed by atoms with E-state index < -0.39 is 5.91 Å². The van der Waals surface area contributed by atoms with Gasteiger partial charge in [-0.05, 0) is 51.8 Å². The molecule has 0 unspecified atom stereocenters. The van der Waals surface area contributed by atoms with Crippen LogP contribution in [0.4, 0.5) is 5.69 Å². The van der Waals surface area contributed by atoms with E-state index in [4.69, 9.17) is 27.9 Å². The molecule has 0 bridgehead atoms. The number of carbonyl (C=O) groups is 1. The van der Waals surface area contributed by atoms with E-state index in [2.05, 4.69) is 37.2 Å². The zero-order valence-corrected chi connectivity index (χ0v) is 20.5. The average molecular weight is 581 g/mol. The molecule has 31 heavy (non-hydrogen) atoms. The summed E-state index contributed by atoms with van der Waals surface area (Å²) in [5.41, 5.74) is 1.74. The van der Waals surface area contributed by atoms with Crippen LogP contribution in [-0.2, 0) is 11.4 Å². The second kappa shape index (κ2) is 10.8. The number of hydrogen-bond acceptors (Lipinski definition) is 3. The highest BCUT2D eigenvalue weighted by Crippen LogP contribution is 2.35. The number of halogens is 4. The number of amides is 1. The molecule has 156 valence electrons. The molecule has 0 saturated carbocycles. The molecular formula is C23H14Br2Cl2N2O2. The first-order chi connectivity index (χ1) is 14.9. The highest BCUT2D eigenvalue weighted by Gasteiger charge is 2.16. The Bertz CT molecular complexity index is 1190. The predicted molar refractivity (Wildman–Crippen MR) is 131 cm³/mol. The van der Waals surface area contributed by atoms with Crippen molar-refractivity contribution in [3.63, 3.8) is 0 Å². The molecular weight excluding hydrogens is 567 g/mol. The lowest BCUT2D eigenvalue weighted by Gasteiger charge is -2.13. The SMILES string of the molecule is N#C/C(=C\c1cc(Br)cc(Br)c1OCc1ccccc1)C(=O)Nc1cccc(Cl)c1Cl. The van der Waals surface area contributed by atoms with Crippen LogP contribution in [0.15, 0.2) is 75.2 Å². The van der Waals surface area contributed by atoms with Crippen LogP contribution in [0.3, 0.4) is 0 Å². The minimum atomic E-state index is -0.614. The summed E-state index contributed by atoms with van der Waals surface area (Å²) in [7, 11) is 0. The van der Waals surface area contributed by atoms with Crippen LogP contribution in [0.2, 0.25) is 10.0 Å².